The highest BCUT2D eigenvalue weighted by Crippen LogP contribution is 2.42. The van der Waals surface area contributed by atoms with Crippen molar-refractivity contribution in [2.45, 2.75) is 31.6 Å². The molecule has 17 heavy (non-hydrogen) atoms. The van der Waals surface area contributed by atoms with Gasteiger partial charge in [0.2, 0.25) is 11.7 Å². The molecule has 90 valence electrons. The van der Waals surface area contributed by atoms with Gasteiger partial charge >= 0.3 is 0 Å². The summed E-state index contributed by atoms with van der Waals surface area (Å²) < 4.78 is 10.7. The van der Waals surface area contributed by atoms with Crippen molar-refractivity contribution >= 4 is 0 Å². The molecule has 1 aliphatic rings. The zero-order valence-corrected chi connectivity index (χ0v) is 9.77. The summed E-state index contributed by atoms with van der Waals surface area (Å²) in [6, 6.07) is 1.88. The van der Waals surface area contributed by atoms with Crippen LogP contribution in [0.3, 0.4) is 0 Å². The molecule has 1 saturated carbocycles. The maximum absolute atomic E-state index is 5.81. The first-order valence-corrected chi connectivity index (χ1v) is 5.84. The molecule has 2 aromatic heterocycles. The van der Waals surface area contributed by atoms with Gasteiger partial charge in [-0.1, -0.05) is 11.6 Å². The van der Waals surface area contributed by atoms with Crippen LogP contribution < -0.4 is 5.73 Å². The van der Waals surface area contributed by atoms with Gasteiger partial charge in [-0.2, -0.15) is 4.98 Å². The van der Waals surface area contributed by atoms with Crippen LogP contribution in [0, 0.1) is 6.92 Å². The Morgan fingerprint density at radius 2 is 2.29 bits per heavy atom. The van der Waals surface area contributed by atoms with Gasteiger partial charge in [0.1, 0.15) is 0 Å². The van der Waals surface area contributed by atoms with Crippen LogP contribution in [-0.4, -0.2) is 16.7 Å². The third-order valence-corrected chi connectivity index (χ3v) is 3.65. The molecule has 0 unspecified atom stereocenters. The maximum Gasteiger partial charge on any atom is 0.238 e. The van der Waals surface area contributed by atoms with Crippen LogP contribution in [0.4, 0.5) is 0 Å². The van der Waals surface area contributed by atoms with Gasteiger partial charge in [0, 0.05) is 6.54 Å². The molecule has 2 heterocycles. The lowest BCUT2D eigenvalue weighted by molar-refractivity contribution is 0.182. The van der Waals surface area contributed by atoms with Crippen LogP contribution in [0.15, 0.2) is 21.3 Å². The minimum absolute atomic E-state index is 0.0915. The predicted octanol–water partition coefficient (Wildman–Crippen LogP) is 2.02. The second-order valence-corrected chi connectivity index (χ2v) is 4.69. The molecule has 0 aromatic carbocycles. The normalized spacial score (nSPS) is 18.0. The highest BCUT2D eigenvalue weighted by atomic mass is 16.5. The first kappa shape index (κ1) is 10.5. The van der Waals surface area contributed by atoms with Gasteiger partial charge in [0.05, 0.1) is 11.7 Å². The molecule has 2 N–H and O–H groups in total. The average molecular weight is 233 g/mol. The van der Waals surface area contributed by atoms with Crippen molar-refractivity contribution in [3.63, 3.8) is 0 Å². The highest BCUT2D eigenvalue weighted by molar-refractivity contribution is 5.51. The smallest absolute Gasteiger partial charge is 0.238 e. The van der Waals surface area contributed by atoms with E-state index in [9.17, 15) is 0 Å². The summed E-state index contributed by atoms with van der Waals surface area (Å²) in [6.45, 7) is 2.52. The molecule has 0 saturated heterocycles. The van der Waals surface area contributed by atoms with Crippen LogP contribution in [-0.2, 0) is 5.41 Å². The Balaban J connectivity index is 1.96. The monoisotopic (exact) mass is 233 g/mol. The fourth-order valence-electron chi connectivity index (χ4n) is 2.24. The molecule has 0 aliphatic heterocycles. The molecule has 5 nitrogen and oxygen atoms in total. The first-order chi connectivity index (χ1) is 8.25. The Morgan fingerprint density at radius 3 is 2.82 bits per heavy atom. The van der Waals surface area contributed by atoms with Crippen LogP contribution in [0.25, 0.3) is 11.6 Å². The predicted molar refractivity (Wildman–Crippen MR) is 61.3 cm³/mol. The Bertz CT molecular complexity index is 520. The second-order valence-electron chi connectivity index (χ2n) is 4.69. The lowest BCUT2D eigenvalue weighted by Crippen LogP contribution is -2.41. The Kier molecular flexibility index (Phi) is 2.29. The quantitative estimate of drug-likeness (QED) is 0.877. The van der Waals surface area contributed by atoms with E-state index in [1.54, 1.807) is 6.26 Å². The number of hydrogen-bond acceptors (Lipinski definition) is 5. The van der Waals surface area contributed by atoms with Gasteiger partial charge in [-0.05, 0) is 31.4 Å². The lowest BCUT2D eigenvalue weighted by Gasteiger charge is -2.36. The Morgan fingerprint density at radius 1 is 1.47 bits per heavy atom. The van der Waals surface area contributed by atoms with Gasteiger partial charge in [0.25, 0.3) is 0 Å². The second kappa shape index (κ2) is 3.70. The zero-order valence-electron chi connectivity index (χ0n) is 9.77. The van der Waals surface area contributed by atoms with E-state index in [0.29, 0.717) is 24.0 Å². The number of aromatic nitrogens is 2. The molecule has 0 radical (unpaired) electrons. The van der Waals surface area contributed by atoms with Gasteiger partial charge in [-0.25, -0.2) is 0 Å². The Hall–Kier alpha value is -1.62. The van der Waals surface area contributed by atoms with Crippen LogP contribution in [0.2, 0.25) is 0 Å². The molecule has 1 aliphatic carbocycles. The minimum atomic E-state index is -0.0915. The van der Waals surface area contributed by atoms with E-state index in [0.717, 1.165) is 18.4 Å². The maximum atomic E-state index is 5.81. The summed E-state index contributed by atoms with van der Waals surface area (Å²) in [5.41, 5.74) is 6.72. The van der Waals surface area contributed by atoms with E-state index in [1.165, 1.54) is 6.42 Å². The highest BCUT2D eigenvalue weighted by Gasteiger charge is 2.42. The first-order valence-electron chi connectivity index (χ1n) is 5.84. The van der Waals surface area contributed by atoms with E-state index in [1.807, 2.05) is 13.0 Å². The summed E-state index contributed by atoms with van der Waals surface area (Å²) in [5, 5.41) is 3.98. The van der Waals surface area contributed by atoms with Crippen molar-refractivity contribution < 1.29 is 8.94 Å². The molecule has 3 rings (SSSR count). The number of rotatable bonds is 3. The summed E-state index contributed by atoms with van der Waals surface area (Å²) in [7, 11) is 0. The fourth-order valence-corrected chi connectivity index (χ4v) is 2.24. The van der Waals surface area contributed by atoms with E-state index >= 15 is 0 Å². The van der Waals surface area contributed by atoms with Crippen LogP contribution in [0.1, 0.15) is 30.7 Å². The SMILES string of the molecule is Cc1ccoc1-c1noc(C2(CN)CCC2)n1. The molecular weight excluding hydrogens is 218 g/mol. The van der Waals surface area contributed by atoms with Crippen LogP contribution in [0.5, 0.6) is 0 Å². The summed E-state index contributed by atoms with van der Waals surface area (Å²) in [4.78, 5) is 4.43. The molecule has 0 amide bonds. The standard InChI is InChI=1S/C12H15N3O2/c1-8-3-6-16-9(8)10-14-11(17-15-10)12(7-13)4-2-5-12/h3,6H,2,4-5,7,13H2,1H3. The molecule has 5 heteroatoms. The molecule has 1 fully saturated rings. The average Bonchev–Trinajstić information content (AvgIpc) is 2.86. The number of nitrogens with zero attached hydrogens (tertiary/aromatic N) is 2. The third-order valence-electron chi connectivity index (χ3n) is 3.65. The summed E-state index contributed by atoms with van der Waals surface area (Å²) in [5.74, 6) is 1.84. The van der Waals surface area contributed by atoms with Gasteiger partial charge < -0.3 is 14.7 Å². The molecule has 0 atom stereocenters. The summed E-state index contributed by atoms with van der Waals surface area (Å²) >= 11 is 0. The molecule has 2 aromatic rings. The molecular formula is C12H15N3O2. The van der Waals surface area contributed by atoms with Gasteiger partial charge in [0.15, 0.2) is 5.76 Å². The van der Waals surface area contributed by atoms with Crippen molar-refractivity contribution in [1.82, 2.24) is 10.1 Å². The van der Waals surface area contributed by atoms with Crippen molar-refractivity contribution in [2.24, 2.45) is 5.73 Å². The van der Waals surface area contributed by atoms with Gasteiger partial charge in [-0.15, -0.1) is 0 Å². The van der Waals surface area contributed by atoms with Crippen molar-refractivity contribution in [1.29, 1.82) is 0 Å². The van der Waals surface area contributed by atoms with E-state index < -0.39 is 0 Å². The zero-order chi connectivity index (χ0) is 11.9. The topological polar surface area (TPSA) is 78.1 Å². The van der Waals surface area contributed by atoms with Crippen molar-refractivity contribution in [3.05, 3.63) is 23.8 Å². The lowest BCUT2D eigenvalue weighted by atomic mass is 9.69. The van der Waals surface area contributed by atoms with Gasteiger partial charge in [-0.3, -0.25) is 0 Å². The van der Waals surface area contributed by atoms with Crippen molar-refractivity contribution in [2.75, 3.05) is 6.54 Å². The number of furan rings is 1. The fraction of sp³-hybridized carbons (Fsp3) is 0.500. The number of nitrogens with two attached hydrogens (primary N) is 1. The largest absolute Gasteiger partial charge is 0.461 e. The molecule has 0 spiro atoms. The molecule has 0 bridgehead atoms. The minimum Gasteiger partial charge on any atom is -0.461 e. The summed E-state index contributed by atoms with van der Waals surface area (Å²) in [6.07, 6.45) is 4.86. The Labute approximate surface area is 99.0 Å². The number of aryl methyl sites for hydroxylation is 1. The number of hydrogen-bond donors (Lipinski definition) is 1. The van der Waals surface area contributed by atoms with E-state index in [4.69, 9.17) is 14.7 Å². The van der Waals surface area contributed by atoms with Crippen LogP contribution >= 0.6 is 0 Å². The third kappa shape index (κ3) is 1.50. The van der Waals surface area contributed by atoms with Crippen molar-refractivity contribution in [3.8, 4) is 11.6 Å². The van der Waals surface area contributed by atoms with E-state index in [2.05, 4.69) is 10.1 Å². The van der Waals surface area contributed by atoms with E-state index in [-0.39, 0.29) is 5.41 Å².